The van der Waals surface area contributed by atoms with E-state index < -0.39 is 0 Å². The van der Waals surface area contributed by atoms with Crippen LogP contribution in [0, 0.1) is 0 Å². The van der Waals surface area contributed by atoms with E-state index in [4.69, 9.17) is 9.47 Å². The first kappa shape index (κ1) is 13.4. The predicted octanol–water partition coefficient (Wildman–Crippen LogP) is 1.18. The Bertz CT molecular complexity index is 492. The molecule has 5 heteroatoms. The zero-order valence-corrected chi connectivity index (χ0v) is 11.7. The van der Waals surface area contributed by atoms with Gasteiger partial charge in [0.25, 0.3) is 5.91 Å². The highest BCUT2D eigenvalue weighted by atomic mass is 16.5. The number of hydrogen-bond acceptors (Lipinski definition) is 4. The quantitative estimate of drug-likeness (QED) is 0.881. The number of methoxy groups -OCH3 is 1. The summed E-state index contributed by atoms with van der Waals surface area (Å²) in [7, 11) is 1.64. The summed E-state index contributed by atoms with van der Waals surface area (Å²) in [6.45, 7) is 2.51. The molecule has 1 atom stereocenters. The first-order chi connectivity index (χ1) is 9.75. The van der Waals surface area contributed by atoms with Crippen LogP contribution in [-0.2, 0) is 9.53 Å². The Hall–Kier alpha value is -1.59. The monoisotopic (exact) mass is 276 g/mol. The fraction of sp³-hybridized carbons (Fsp3) is 0.533. The van der Waals surface area contributed by atoms with E-state index in [1.54, 1.807) is 7.11 Å². The number of benzene rings is 1. The number of nitrogens with one attached hydrogen (secondary N) is 1. The van der Waals surface area contributed by atoms with Crippen molar-refractivity contribution in [2.24, 2.45) is 0 Å². The molecule has 108 valence electrons. The molecular formula is C15H20N2O3. The molecule has 2 heterocycles. The Morgan fingerprint density at radius 2 is 2.35 bits per heavy atom. The lowest BCUT2D eigenvalue weighted by Crippen LogP contribution is -2.66. The summed E-state index contributed by atoms with van der Waals surface area (Å²) in [5.41, 5.74) is 0.626. The van der Waals surface area contributed by atoms with Gasteiger partial charge in [-0.05, 0) is 31.5 Å². The highest BCUT2D eigenvalue weighted by Gasteiger charge is 2.44. The molecule has 1 aromatic carbocycles. The van der Waals surface area contributed by atoms with Gasteiger partial charge in [0, 0.05) is 18.3 Å². The van der Waals surface area contributed by atoms with E-state index in [-0.39, 0.29) is 18.1 Å². The van der Waals surface area contributed by atoms with Crippen molar-refractivity contribution in [3.8, 4) is 5.75 Å². The minimum atomic E-state index is -0.264. The van der Waals surface area contributed by atoms with Crippen molar-refractivity contribution in [1.82, 2.24) is 5.32 Å². The molecule has 0 aromatic heterocycles. The van der Waals surface area contributed by atoms with Gasteiger partial charge in [-0.3, -0.25) is 4.79 Å². The second-order valence-corrected chi connectivity index (χ2v) is 5.43. The van der Waals surface area contributed by atoms with Crippen molar-refractivity contribution in [3.63, 3.8) is 0 Å². The third kappa shape index (κ3) is 2.27. The molecule has 2 saturated heterocycles. The van der Waals surface area contributed by atoms with E-state index in [1.165, 1.54) is 0 Å². The number of carbonyl (C=O) groups excluding carboxylic acids is 1. The molecule has 1 spiro atoms. The van der Waals surface area contributed by atoms with Gasteiger partial charge in [0.05, 0.1) is 19.3 Å². The number of piperidine rings is 1. The number of nitrogens with zero attached hydrogens (tertiary/aromatic N) is 1. The van der Waals surface area contributed by atoms with Crippen LogP contribution >= 0.6 is 0 Å². The van der Waals surface area contributed by atoms with Gasteiger partial charge in [0.1, 0.15) is 12.4 Å². The summed E-state index contributed by atoms with van der Waals surface area (Å²) in [6.07, 6.45) is 2.01. The van der Waals surface area contributed by atoms with Crippen LogP contribution in [0.4, 0.5) is 5.69 Å². The summed E-state index contributed by atoms with van der Waals surface area (Å²) in [5.74, 6) is 0.786. The van der Waals surface area contributed by atoms with E-state index in [9.17, 15) is 4.79 Å². The van der Waals surface area contributed by atoms with Gasteiger partial charge in [0.15, 0.2) is 0 Å². The summed E-state index contributed by atoms with van der Waals surface area (Å²) < 4.78 is 10.8. The predicted molar refractivity (Wildman–Crippen MR) is 76.1 cm³/mol. The van der Waals surface area contributed by atoms with Gasteiger partial charge in [-0.2, -0.15) is 0 Å². The maximum atomic E-state index is 12.4. The molecule has 2 aliphatic heterocycles. The summed E-state index contributed by atoms with van der Waals surface area (Å²) in [6, 6.07) is 7.68. The SMILES string of the molecule is COc1cccc(N2C(=O)COCC23CCCNC3)c1. The standard InChI is InChI=1S/C15H20N2O3/c1-19-13-5-2-4-12(8-13)17-14(18)9-20-11-15(17)6-3-7-16-10-15/h2,4-5,8,16H,3,6-7,9-11H2,1H3. The van der Waals surface area contributed by atoms with Crippen LogP contribution in [-0.4, -0.2) is 44.9 Å². The van der Waals surface area contributed by atoms with Crippen LogP contribution in [0.15, 0.2) is 24.3 Å². The lowest BCUT2D eigenvalue weighted by Gasteiger charge is -2.48. The van der Waals surface area contributed by atoms with Crippen LogP contribution in [0.1, 0.15) is 12.8 Å². The van der Waals surface area contributed by atoms with E-state index in [1.807, 2.05) is 29.2 Å². The lowest BCUT2D eigenvalue weighted by atomic mass is 9.87. The van der Waals surface area contributed by atoms with Gasteiger partial charge < -0.3 is 19.7 Å². The third-order valence-electron chi connectivity index (χ3n) is 4.08. The second-order valence-electron chi connectivity index (χ2n) is 5.43. The molecule has 20 heavy (non-hydrogen) atoms. The second kappa shape index (κ2) is 5.42. The molecule has 2 fully saturated rings. The molecule has 2 aliphatic rings. The van der Waals surface area contributed by atoms with Crippen molar-refractivity contribution in [1.29, 1.82) is 0 Å². The molecule has 5 nitrogen and oxygen atoms in total. The smallest absolute Gasteiger partial charge is 0.253 e. The fourth-order valence-electron chi connectivity index (χ4n) is 3.16. The Balaban J connectivity index is 1.98. The topological polar surface area (TPSA) is 50.8 Å². The van der Waals surface area contributed by atoms with Crippen molar-refractivity contribution < 1.29 is 14.3 Å². The van der Waals surface area contributed by atoms with Gasteiger partial charge in [-0.25, -0.2) is 0 Å². The highest BCUT2D eigenvalue weighted by molar-refractivity contribution is 5.96. The minimum absolute atomic E-state index is 0.0215. The van der Waals surface area contributed by atoms with E-state index in [0.29, 0.717) is 6.61 Å². The number of hydrogen-bond donors (Lipinski definition) is 1. The van der Waals surface area contributed by atoms with Crippen LogP contribution in [0.5, 0.6) is 5.75 Å². The summed E-state index contributed by atoms with van der Waals surface area (Å²) in [5, 5.41) is 3.39. The lowest BCUT2D eigenvalue weighted by molar-refractivity contribution is -0.130. The van der Waals surface area contributed by atoms with E-state index >= 15 is 0 Å². The average molecular weight is 276 g/mol. The normalized spacial score (nSPS) is 26.9. The van der Waals surface area contributed by atoms with Crippen molar-refractivity contribution >= 4 is 11.6 Å². The van der Waals surface area contributed by atoms with E-state index in [0.717, 1.165) is 37.4 Å². The van der Waals surface area contributed by atoms with Gasteiger partial charge in [0.2, 0.25) is 0 Å². The molecule has 1 unspecified atom stereocenters. The van der Waals surface area contributed by atoms with Crippen LogP contribution in [0.25, 0.3) is 0 Å². The van der Waals surface area contributed by atoms with Crippen LogP contribution in [0.3, 0.4) is 0 Å². The van der Waals surface area contributed by atoms with Gasteiger partial charge >= 0.3 is 0 Å². The molecule has 0 bridgehead atoms. The largest absolute Gasteiger partial charge is 0.497 e. The van der Waals surface area contributed by atoms with Gasteiger partial charge in [-0.1, -0.05) is 6.07 Å². The number of amides is 1. The molecule has 1 N–H and O–H groups in total. The Labute approximate surface area is 118 Å². The van der Waals surface area contributed by atoms with Crippen LogP contribution in [0.2, 0.25) is 0 Å². The molecular weight excluding hydrogens is 256 g/mol. The number of carbonyl (C=O) groups is 1. The number of ether oxygens (including phenoxy) is 2. The fourth-order valence-corrected chi connectivity index (χ4v) is 3.16. The molecule has 0 aliphatic carbocycles. The first-order valence-electron chi connectivity index (χ1n) is 7.01. The zero-order valence-electron chi connectivity index (χ0n) is 11.7. The van der Waals surface area contributed by atoms with E-state index in [2.05, 4.69) is 5.32 Å². The summed E-state index contributed by atoms with van der Waals surface area (Å²) >= 11 is 0. The minimum Gasteiger partial charge on any atom is -0.497 e. The van der Waals surface area contributed by atoms with Crippen molar-refractivity contribution in [3.05, 3.63) is 24.3 Å². The maximum absolute atomic E-state index is 12.4. The molecule has 0 saturated carbocycles. The Morgan fingerprint density at radius 3 is 3.10 bits per heavy atom. The van der Waals surface area contributed by atoms with Crippen LogP contribution < -0.4 is 15.0 Å². The molecule has 1 aromatic rings. The highest BCUT2D eigenvalue weighted by Crippen LogP contribution is 2.34. The first-order valence-corrected chi connectivity index (χ1v) is 7.01. The molecule has 0 radical (unpaired) electrons. The average Bonchev–Trinajstić information content (AvgIpc) is 2.48. The maximum Gasteiger partial charge on any atom is 0.253 e. The Kier molecular flexibility index (Phi) is 3.63. The van der Waals surface area contributed by atoms with Crippen molar-refractivity contribution in [2.75, 3.05) is 38.3 Å². The molecule has 3 rings (SSSR count). The Morgan fingerprint density at radius 1 is 1.45 bits per heavy atom. The number of anilines is 1. The summed E-state index contributed by atoms with van der Waals surface area (Å²) in [4.78, 5) is 14.3. The third-order valence-corrected chi connectivity index (χ3v) is 4.08. The number of morpholine rings is 1. The van der Waals surface area contributed by atoms with Crippen molar-refractivity contribution in [2.45, 2.75) is 18.4 Å². The number of rotatable bonds is 2. The van der Waals surface area contributed by atoms with Gasteiger partial charge in [-0.15, -0.1) is 0 Å². The molecule has 1 amide bonds. The zero-order chi connectivity index (χ0) is 14.0.